The molecule has 0 spiro atoms. The molecule has 0 aliphatic carbocycles. The van der Waals surface area contributed by atoms with Gasteiger partial charge in [0.05, 0.1) is 0 Å². The summed E-state index contributed by atoms with van der Waals surface area (Å²) in [6.45, 7) is 3.16. The van der Waals surface area contributed by atoms with Gasteiger partial charge in [-0.05, 0) is 17.7 Å². The average molecular weight is 288 g/mol. The molecule has 0 unspecified atom stereocenters. The van der Waals surface area contributed by atoms with Gasteiger partial charge in [-0.1, -0.05) is 42.4 Å². The Bertz CT molecular complexity index is 435. The molecule has 0 amide bonds. The normalized spacial score (nSPS) is 13.9. The van der Waals surface area contributed by atoms with Crippen molar-refractivity contribution in [2.24, 2.45) is 0 Å². The van der Waals surface area contributed by atoms with Crippen molar-refractivity contribution >= 4 is 28.5 Å². The molecule has 0 saturated carbocycles. The Morgan fingerprint density at radius 3 is 2.39 bits per heavy atom. The summed E-state index contributed by atoms with van der Waals surface area (Å²) in [5, 5.41) is 11.0. The molecule has 18 heavy (non-hydrogen) atoms. The van der Waals surface area contributed by atoms with Gasteiger partial charge < -0.3 is 0 Å². The number of halogens is 1. The van der Waals surface area contributed by atoms with Gasteiger partial charge in [0.25, 0.3) is 0 Å². The summed E-state index contributed by atoms with van der Waals surface area (Å²) in [5.74, 6) is 0. The smallest absolute Gasteiger partial charge is 0.229 e. The molecule has 0 fully saturated rings. The lowest BCUT2D eigenvalue weighted by Crippen LogP contribution is -2.25. The zero-order valence-electron chi connectivity index (χ0n) is 10.1. The fourth-order valence-corrected chi connectivity index (χ4v) is 2.90. The van der Waals surface area contributed by atoms with Gasteiger partial charge in [-0.3, -0.25) is 14.9 Å². The maximum absolute atomic E-state index is 11.3. The average Bonchev–Trinajstić information content (AvgIpc) is 2.28. The Morgan fingerprint density at radius 1 is 1.44 bits per heavy atom. The van der Waals surface area contributed by atoms with Gasteiger partial charge in [0.1, 0.15) is 5.25 Å². The number of thioether (sulfide) groups is 1. The summed E-state index contributed by atoms with van der Waals surface area (Å²) < 4.78 is 0. The van der Waals surface area contributed by atoms with Crippen LogP contribution >= 0.6 is 23.4 Å². The monoisotopic (exact) mass is 287 g/mol. The van der Waals surface area contributed by atoms with Crippen LogP contribution in [0.4, 0.5) is 0 Å². The highest BCUT2D eigenvalue weighted by Crippen LogP contribution is 2.35. The van der Waals surface area contributed by atoms with E-state index >= 15 is 0 Å². The van der Waals surface area contributed by atoms with Crippen LogP contribution in [0.5, 0.6) is 0 Å². The van der Waals surface area contributed by atoms with E-state index in [-0.39, 0.29) is 10.0 Å². The molecular formula is C12H14ClNO3S. The molecule has 0 N–H and O–H groups in total. The van der Waals surface area contributed by atoms with Gasteiger partial charge in [0, 0.05) is 23.3 Å². The first kappa shape index (κ1) is 15.0. The van der Waals surface area contributed by atoms with Crippen molar-refractivity contribution in [1.82, 2.24) is 0 Å². The minimum atomic E-state index is -0.778. The molecule has 6 heteroatoms. The van der Waals surface area contributed by atoms with Gasteiger partial charge in [-0.2, -0.15) is 0 Å². The van der Waals surface area contributed by atoms with E-state index in [0.29, 0.717) is 11.4 Å². The van der Waals surface area contributed by atoms with Crippen LogP contribution in [0, 0.1) is 10.1 Å². The molecule has 1 rings (SSSR count). The van der Waals surface area contributed by atoms with Gasteiger partial charge in [-0.25, -0.2) is 0 Å². The molecule has 0 aromatic heterocycles. The number of benzene rings is 1. The van der Waals surface area contributed by atoms with E-state index in [9.17, 15) is 14.9 Å². The summed E-state index contributed by atoms with van der Waals surface area (Å²) in [5.41, 5.74) is 0.753. The van der Waals surface area contributed by atoms with E-state index in [0.717, 1.165) is 17.3 Å². The van der Waals surface area contributed by atoms with Crippen LogP contribution in [0.15, 0.2) is 24.3 Å². The van der Waals surface area contributed by atoms with Crippen molar-refractivity contribution < 1.29 is 9.72 Å². The van der Waals surface area contributed by atoms with Crippen LogP contribution in [0.3, 0.4) is 0 Å². The minimum absolute atomic E-state index is 0.129. The van der Waals surface area contributed by atoms with Gasteiger partial charge >= 0.3 is 0 Å². The first-order valence-corrected chi connectivity index (χ1v) is 6.77. The highest BCUT2D eigenvalue weighted by Gasteiger charge is 2.32. The Kier molecular flexibility index (Phi) is 5.62. The second-order valence-corrected chi connectivity index (χ2v) is 5.60. The maximum Gasteiger partial charge on any atom is 0.229 e. The number of carbonyl (C=O) groups excluding carboxylic acids is 1. The molecular weight excluding hydrogens is 274 g/mol. The van der Waals surface area contributed by atoms with Crippen LogP contribution < -0.4 is 0 Å². The number of rotatable bonds is 5. The Hall–Kier alpha value is -1.07. The van der Waals surface area contributed by atoms with Crippen molar-refractivity contribution in [1.29, 1.82) is 0 Å². The van der Waals surface area contributed by atoms with Crippen molar-refractivity contribution in [3.8, 4) is 0 Å². The summed E-state index contributed by atoms with van der Waals surface area (Å²) in [6.07, 6.45) is 0.376. The highest BCUT2D eigenvalue weighted by atomic mass is 35.5. The van der Waals surface area contributed by atoms with E-state index in [2.05, 4.69) is 0 Å². The van der Waals surface area contributed by atoms with Gasteiger partial charge in [0.2, 0.25) is 6.04 Å². The number of nitro groups is 1. The third-order valence-electron chi connectivity index (χ3n) is 2.53. The SMILES string of the molecule is CC[C@@H]([C@H](SC(C)=O)c1ccc(Cl)cc1)[N+](=O)[O-]. The lowest BCUT2D eigenvalue weighted by atomic mass is 10.0. The zero-order valence-corrected chi connectivity index (χ0v) is 11.7. The predicted octanol–water partition coefficient (Wildman–Crippen LogP) is 3.72. The number of nitrogens with zero attached hydrogens (tertiary/aromatic N) is 1. The van der Waals surface area contributed by atoms with Crippen molar-refractivity contribution in [2.45, 2.75) is 31.6 Å². The van der Waals surface area contributed by atoms with Gasteiger partial charge in [-0.15, -0.1) is 0 Å². The van der Waals surface area contributed by atoms with E-state index in [1.165, 1.54) is 6.92 Å². The fraction of sp³-hybridized carbons (Fsp3) is 0.417. The van der Waals surface area contributed by atoms with E-state index in [1.807, 2.05) is 0 Å². The fourth-order valence-electron chi connectivity index (χ4n) is 1.67. The number of carbonyl (C=O) groups is 1. The third-order valence-corrected chi connectivity index (χ3v) is 3.95. The molecule has 0 aliphatic rings. The Morgan fingerprint density at radius 2 is 2.00 bits per heavy atom. The quantitative estimate of drug-likeness (QED) is 0.612. The molecule has 98 valence electrons. The number of hydrogen-bond donors (Lipinski definition) is 0. The largest absolute Gasteiger partial charge is 0.288 e. The molecule has 0 aliphatic heterocycles. The highest BCUT2D eigenvalue weighted by molar-refractivity contribution is 8.13. The summed E-state index contributed by atoms with van der Waals surface area (Å²) in [7, 11) is 0. The second-order valence-electron chi connectivity index (χ2n) is 3.84. The predicted molar refractivity (Wildman–Crippen MR) is 73.5 cm³/mol. The Labute approximate surface area is 115 Å². The van der Waals surface area contributed by atoms with Crippen LogP contribution in [0.25, 0.3) is 0 Å². The minimum Gasteiger partial charge on any atom is -0.288 e. The summed E-state index contributed by atoms with van der Waals surface area (Å²) in [6, 6.07) is 6.04. The lowest BCUT2D eigenvalue weighted by Gasteiger charge is -2.18. The molecule has 1 aromatic carbocycles. The molecule has 2 atom stereocenters. The van der Waals surface area contributed by atoms with Gasteiger partial charge in [0.15, 0.2) is 5.12 Å². The van der Waals surface area contributed by atoms with E-state index in [1.54, 1.807) is 31.2 Å². The topological polar surface area (TPSA) is 60.2 Å². The van der Waals surface area contributed by atoms with E-state index < -0.39 is 11.3 Å². The Balaban J connectivity index is 3.07. The van der Waals surface area contributed by atoms with E-state index in [4.69, 9.17) is 11.6 Å². The number of hydrogen-bond acceptors (Lipinski definition) is 4. The molecule has 0 radical (unpaired) electrons. The van der Waals surface area contributed by atoms with Crippen LogP contribution in [-0.2, 0) is 4.79 Å². The van der Waals surface area contributed by atoms with Crippen LogP contribution in [-0.4, -0.2) is 16.1 Å². The molecule has 1 aromatic rings. The first-order valence-electron chi connectivity index (χ1n) is 5.52. The first-order chi connectivity index (χ1) is 8.45. The molecule has 0 bridgehead atoms. The van der Waals surface area contributed by atoms with Crippen molar-refractivity contribution in [3.05, 3.63) is 45.0 Å². The summed E-state index contributed by atoms with van der Waals surface area (Å²) in [4.78, 5) is 22.0. The van der Waals surface area contributed by atoms with Crippen molar-refractivity contribution in [2.75, 3.05) is 0 Å². The molecule has 0 heterocycles. The van der Waals surface area contributed by atoms with Crippen molar-refractivity contribution in [3.63, 3.8) is 0 Å². The standard InChI is InChI=1S/C12H14ClNO3S/c1-3-11(14(16)17)12(18-8(2)15)9-4-6-10(13)7-5-9/h4-7,11-12H,3H2,1-2H3/t11-,12+/m0/s1. The lowest BCUT2D eigenvalue weighted by molar-refractivity contribution is -0.522. The maximum atomic E-state index is 11.3. The molecule has 4 nitrogen and oxygen atoms in total. The van der Waals surface area contributed by atoms with Crippen LogP contribution in [0.1, 0.15) is 31.1 Å². The zero-order chi connectivity index (χ0) is 13.7. The molecule has 0 saturated heterocycles. The second kappa shape index (κ2) is 6.75. The van der Waals surface area contributed by atoms with Crippen LogP contribution in [0.2, 0.25) is 5.02 Å². The third kappa shape index (κ3) is 3.99. The summed E-state index contributed by atoms with van der Waals surface area (Å²) >= 11 is 6.79.